The third-order valence-corrected chi connectivity index (χ3v) is 6.06. The van der Waals surface area contributed by atoms with E-state index in [-0.39, 0.29) is 29.5 Å². The molecule has 1 aromatic heterocycles. The molecule has 0 bridgehead atoms. The zero-order chi connectivity index (χ0) is 21.9. The molecule has 30 heavy (non-hydrogen) atoms. The Kier molecular flexibility index (Phi) is 6.60. The summed E-state index contributed by atoms with van der Waals surface area (Å²) in [4.78, 5) is 46.3. The van der Waals surface area contributed by atoms with Crippen LogP contribution in [0.15, 0.2) is 29.1 Å². The van der Waals surface area contributed by atoms with Gasteiger partial charge in [0.2, 0.25) is 5.91 Å². The van der Waals surface area contributed by atoms with Crippen LogP contribution in [0.2, 0.25) is 5.54 Å². The van der Waals surface area contributed by atoms with Gasteiger partial charge in [0.05, 0.1) is 10.9 Å². The average molecular weight is 429 g/mol. The number of amides is 2. The Bertz CT molecular complexity index is 985. The number of hydrogen-bond donors (Lipinski definition) is 1. The van der Waals surface area contributed by atoms with Gasteiger partial charge in [-0.1, -0.05) is 19.1 Å². The third-order valence-electron chi connectivity index (χ3n) is 4.65. The first-order chi connectivity index (χ1) is 14.1. The normalized spacial score (nSPS) is 17.7. The van der Waals surface area contributed by atoms with E-state index in [9.17, 15) is 14.4 Å². The van der Waals surface area contributed by atoms with Crippen molar-refractivity contribution in [2.45, 2.75) is 51.7 Å². The summed E-state index contributed by atoms with van der Waals surface area (Å²) < 4.78 is 7.29. The molecular weight excluding hydrogens is 400 g/mol. The van der Waals surface area contributed by atoms with Crippen molar-refractivity contribution in [2.24, 2.45) is 0 Å². The van der Waals surface area contributed by atoms with Crippen molar-refractivity contribution in [3.05, 3.63) is 40.4 Å². The zero-order valence-electron chi connectivity index (χ0n) is 17.9. The summed E-state index contributed by atoms with van der Waals surface area (Å²) in [5, 5.41) is 0.539. The number of rotatable bonds is 3. The molecule has 0 saturated carbocycles. The number of ether oxygens (including phenoxy) is 1. The van der Waals surface area contributed by atoms with E-state index < -0.39 is 5.60 Å². The van der Waals surface area contributed by atoms with Crippen LogP contribution in [0.25, 0.3) is 10.9 Å². The Morgan fingerprint density at radius 1 is 1.27 bits per heavy atom. The number of carbonyl (C=O) groups excluding carboxylic acids is 2. The van der Waals surface area contributed by atoms with Crippen LogP contribution in [-0.2, 0) is 16.0 Å². The molecule has 8 nitrogen and oxygen atoms in total. The number of para-hydroxylation sites is 1. The molecule has 1 aliphatic rings. The second-order valence-corrected chi connectivity index (χ2v) is 10.3. The minimum absolute atomic E-state index is 0.00188. The second-order valence-electron chi connectivity index (χ2n) is 8.53. The minimum atomic E-state index is -0.547. The topological polar surface area (TPSA) is 95.6 Å². The molecule has 1 saturated heterocycles. The van der Waals surface area contributed by atoms with Crippen LogP contribution in [0.3, 0.4) is 0 Å². The number of aromatic nitrogens is 2. The van der Waals surface area contributed by atoms with Crippen molar-refractivity contribution in [1.29, 1.82) is 0 Å². The molecule has 1 fully saturated rings. The highest BCUT2D eigenvalue weighted by atomic mass is 28.2. The molecule has 2 aromatic rings. The van der Waals surface area contributed by atoms with E-state index in [2.05, 4.69) is 9.97 Å². The summed E-state index contributed by atoms with van der Waals surface area (Å²) in [5.74, 6) is 0.510. The Labute approximate surface area is 178 Å². The van der Waals surface area contributed by atoms with E-state index in [1.807, 2.05) is 38.3 Å². The van der Waals surface area contributed by atoms with Gasteiger partial charge in [-0.2, -0.15) is 0 Å². The molecule has 1 N–H and O–H groups in total. The van der Waals surface area contributed by atoms with E-state index >= 15 is 0 Å². The first kappa shape index (κ1) is 22.0. The van der Waals surface area contributed by atoms with E-state index in [0.717, 1.165) is 0 Å². The lowest BCUT2D eigenvalue weighted by molar-refractivity contribution is -0.126. The zero-order valence-corrected chi connectivity index (χ0v) is 18.9. The maximum atomic E-state index is 12.8. The van der Waals surface area contributed by atoms with Gasteiger partial charge in [0, 0.05) is 32.5 Å². The lowest BCUT2D eigenvalue weighted by Gasteiger charge is -2.27. The van der Waals surface area contributed by atoms with Crippen LogP contribution in [0.5, 0.6) is 0 Å². The van der Waals surface area contributed by atoms with E-state index in [0.29, 0.717) is 52.5 Å². The van der Waals surface area contributed by atoms with Gasteiger partial charge in [0.15, 0.2) is 9.68 Å². The number of fused-ring (bicyclic) bond motifs is 1. The fourth-order valence-electron chi connectivity index (χ4n) is 3.32. The Hall–Kier alpha value is -2.68. The SMILES string of the molecule is C[C@H]1CN(C(=O)OC(C)(C)C)CCN(C(=O)CCc2nc3ccccc3c(=O)[nH]2)[Si]1. The number of hydrogen-bond acceptors (Lipinski definition) is 5. The van der Waals surface area contributed by atoms with Crippen LogP contribution in [-0.4, -0.2) is 66.4 Å². The highest BCUT2D eigenvalue weighted by Crippen LogP contribution is 2.17. The molecule has 1 atom stereocenters. The summed E-state index contributed by atoms with van der Waals surface area (Å²) in [7, 11) is 0.298. The Morgan fingerprint density at radius 2 is 2.00 bits per heavy atom. The maximum Gasteiger partial charge on any atom is 0.410 e. The molecule has 2 radical (unpaired) electrons. The molecule has 3 rings (SSSR count). The molecule has 2 heterocycles. The Morgan fingerprint density at radius 3 is 2.73 bits per heavy atom. The van der Waals surface area contributed by atoms with Crippen molar-refractivity contribution in [3.8, 4) is 0 Å². The molecule has 1 aromatic carbocycles. The number of benzene rings is 1. The Balaban J connectivity index is 1.60. The number of carbonyl (C=O) groups is 2. The fourth-order valence-corrected chi connectivity index (χ4v) is 4.64. The van der Waals surface area contributed by atoms with Gasteiger partial charge in [-0.25, -0.2) is 9.78 Å². The lowest BCUT2D eigenvalue weighted by Crippen LogP contribution is -2.40. The number of nitrogens with zero attached hydrogens (tertiary/aromatic N) is 3. The number of H-pyrrole nitrogens is 1. The molecule has 1 aliphatic heterocycles. The van der Waals surface area contributed by atoms with E-state index in [4.69, 9.17) is 4.74 Å². The predicted molar refractivity (Wildman–Crippen MR) is 115 cm³/mol. The average Bonchev–Trinajstić information content (AvgIpc) is 2.87. The molecule has 0 spiro atoms. The summed E-state index contributed by atoms with van der Waals surface area (Å²) in [5.41, 5.74) is 0.0552. The minimum Gasteiger partial charge on any atom is -0.444 e. The highest BCUT2D eigenvalue weighted by molar-refractivity contribution is 6.38. The van der Waals surface area contributed by atoms with Gasteiger partial charge in [0.1, 0.15) is 11.4 Å². The fraction of sp³-hybridized carbons (Fsp3) is 0.524. The summed E-state index contributed by atoms with van der Waals surface area (Å²) in [6.45, 7) is 9.05. The van der Waals surface area contributed by atoms with Gasteiger partial charge in [-0.05, 0) is 38.4 Å². The quantitative estimate of drug-likeness (QED) is 0.757. The van der Waals surface area contributed by atoms with Crippen molar-refractivity contribution in [3.63, 3.8) is 0 Å². The van der Waals surface area contributed by atoms with Crippen molar-refractivity contribution < 1.29 is 14.3 Å². The standard InChI is InChI=1S/C21H28N4O4Si/c1-14-13-24(20(28)29-21(2,3)4)11-12-25(30-14)18(26)10-9-17-22-16-8-6-5-7-15(16)19(27)23-17/h5-8,14H,9-13H2,1-4H3,(H,22,23,27)/t14-/m0/s1. The van der Waals surface area contributed by atoms with Crippen molar-refractivity contribution >= 4 is 32.6 Å². The van der Waals surface area contributed by atoms with Crippen LogP contribution in [0, 0.1) is 0 Å². The number of nitrogens with one attached hydrogen (secondary N) is 1. The van der Waals surface area contributed by atoms with Crippen LogP contribution in [0.4, 0.5) is 4.79 Å². The molecular formula is C21H28N4O4Si. The van der Waals surface area contributed by atoms with E-state index in [1.165, 1.54) is 0 Å². The molecule has 9 heteroatoms. The van der Waals surface area contributed by atoms with Gasteiger partial charge in [0.25, 0.3) is 5.56 Å². The van der Waals surface area contributed by atoms with Gasteiger partial charge in [-0.3, -0.25) is 9.59 Å². The van der Waals surface area contributed by atoms with Gasteiger partial charge < -0.3 is 19.2 Å². The van der Waals surface area contributed by atoms with Gasteiger partial charge in [-0.15, -0.1) is 0 Å². The van der Waals surface area contributed by atoms with Crippen LogP contribution < -0.4 is 5.56 Å². The van der Waals surface area contributed by atoms with Crippen LogP contribution >= 0.6 is 0 Å². The summed E-state index contributed by atoms with van der Waals surface area (Å²) in [6, 6.07) is 7.15. The number of aryl methyl sites for hydroxylation is 1. The summed E-state index contributed by atoms with van der Waals surface area (Å²) in [6.07, 6.45) is 0.281. The monoisotopic (exact) mass is 428 g/mol. The largest absolute Gasteiger partial charge is 0.444 e. The third kappa shape index (κ3) is 5.68. The highest BCUT2D eigenvalue weighted by Gasteiger charge is 2.29. The van der Waals surface area contributed by atoms with Crippen molar-refractivity contribution in [2.75, 3.05) is 19.6 Å². The predicted octanol–water partition coefficient (Wildman–Crippen LogP) is 2.36. The van der Waals surface area contributed by atoms with Crippen molar-refractivity contribution in [1.82, 2.24) is 19.4 Å². The lowest BCUT2D eigenvalue weighted by atomic mass is 10.2. The molecule has 0 aliphatic carbocycles. The second kappa shape index (κ2) is 8.99. The molecule has 0 unspecified atom stereocenters. The van der Waals surface area contributed by atoms with Gasteiger partial charge >= 0.3 is 6.09 Å². The first-order valence-corrected chi connectivity index (χ1v) is 11.2. The smallest absolute Gasteiger partial charge is 0.410 e. The molecule has 2 amide bonds. The van der Waals surface area contributed by atoms with Crippen LogP contribution in [0.1, 0.15) is 39.9 Å². The van der Waals surface area contributed by atoms with E-state index in [1.54, 1.807) is 23.1 Å². The first-order valence-electron chi connectivity index (χ1n) is 10.1. The number of aromatic amines is 1. The summed E-state index contributed by atoms with van der Waals surface area (Å²) >= 11 is 0. The molecule has 160 valence electrons. The maximum absolute atomic E-state index is 12.8.